The molecule has 0 saturated carbocycles. The van der Waals surface area contributed by atoms with Gasteiger partial charge in [-0.2, -0.15) is 0 Å². The number of aromatic nitrogens is 1. The van der Waals surface area contributed by atoms with Crippen LogP contribution in [0.2, 0.25) is 0 Å². The Kier molecular flexibility index (Phi) is 3.14. The minimum atomic E-state index is -0.469. The lowest BCUT2D eigenvalue weighted by molar-refractivity contribution is 0.0992. The van der Waals surface area contributed by atoms with Gasteiger partial charge in [0.1, 0.15) is 5.82 Å². The molecule has 0 unspecified atom stereocenters. The van der Waals surface area contributed by atoms with Crippen LogP contribution in [0.4, 0.5) is 10.1 Å². The van der Waals surface area contributed by atoms with E-state index in [1.54, 1.807) is 24.4 Å². The highest BCUT2D eigenvalue weighted by molar-refractivity contribution is 6.01. The standard InChI is InChI=1S/C13H11FN2O/c14-9-4-5-12(15)11(7-9)13(17)8-10-3-1-2-6-16-10/h1-7H,8,15H2. The maximum absolute atomic E-state index is 13.0. The molecule has 2 N–H and O–H groups in total. The van der Waals surface area contributed by atoms with Gasteiger partial charge in [-0.05, 0) is 30.3 Å². The highest BCUT2D eigenvalue weighted by atomic mass is 19.1. The number of halogens is 1. The maximum atomic E-state index is 13.0. The SMILES string of the molecule is Nc1ccc(F)cc1C(=O)Cc1ccccn1. The Balaban J connectivity index is 2.23. The average Bonchev–Trinajstić information content (AvgIpc) is 2.33. The van der Waals surface area contributed by atoms with Crippen LogP contribution >= 0.6 is 0 Å². The molecule has 3 nitrogen and oxygen atoms in total. The number of carbonyl (C=O) groups is 1. The van der Waals surface area contributed by atoms with Gasteiger partial charge in [-0.15, -0.1) is 0 Å². The van der Waals surface area contributed by atoms with Crippen molar-refractivity contribution in [3.63, 3.8) is 0 Å². The average molecular weight is 230 g/mol. The number of benzene rings is 1. The summed E-state index contributed by atoms with van der Waals surface area (Å²) in [6, 6.07) is 9.08. The van der Waals surface area contributed by atoms with E-state index in [0.29, 0.717) is 5.69 Å². The summed E-state index contributed by atoms with van der Waals surface area (Å²) < 4.78 is 13.0. The van der Waals surface area contributed by atoms with E-state index >= 15 is 0 Å². The minimum Gasteiger partial charge on any atom is -0.398 e. The number of carbonyl (C=O) groups excluding carboxylic acids is 1. The van der Waals surface area contributed by atoms with Gasteiger partial charge in [0.05, 0.1) is 6.42 Å². The van der Waals surface area contributed by atoms with Crippen LogP contribution in [0.15, 0.2) is 42.6 Å². The van der Waals surface area contributed by atoms with Crippen molar-refractivity contribution >= 4 is 11.5 Å². The third kappa shape index (κ3) is 2.66. The molecule has 0 fully saturated rings. The first-order chi connectivity index (χ1) is 8.16. The quantitative estimate of drug-likeness (QED) is 0.649. The Labute approximate surface area is 98.1 Å². The van der Waals surface area contributed by atoms with Gasteiger partial charge in [-0.3, -0.25) is 9.78 Å². The van der Waals surface area contributed by atoms with Crippen molar-refractivity contribution < 1.29 is 9.18 Å². The van der Waals surface area contributed by atoms with Gasteiger partial charge in [0, 0.05) is 23.1 Å². The van der Waals surface area contributed by atoms with E-state index in [0.717, 1.165) is 6.07 Å². The summed E-state index contributed by atoms with van der Waals surface area (Å²) in [5, 5.41) is 0. The summed E-state index contributed by atoms with van der Waals surface area (Å²) in [5.41, 5.74) is 6.76. The van der Waals surface area contributed by atoms with E-state index in [2.05, 4.69) is 4.98 Å². The van der Waals surface area contributed by atoms with Crippen molar-refractivity contribution in [2.24, 2.45) is 0 Å². The summed E-state index contributed by atoms with van der Waals surface area (Å²) in [7, 11) is 0. The highest BCUT2D eigenvalue weighted by Gasteiger charge is 2.12. The molecular weight excluding hydrogens is 219 g/mol. The number of pyridine rings is 1. The zero-order chi connectivity index (χ0) is 12.3. The van der Waals surface area contributed by atoms with Gasteiger partial charge in [-0.25, -0.2) is 4.39 Å². The van der Waals surface area contributed by atoms with Crippen LogP contribution < -0.4 is 5.73 Å². The second-order valence-corrected chi connectivity index (χ2v) is 3.65. The van der Waals surface area contributed by atoms with Gasteiger partial charge in [0.15, 0.2) is 5.78 Å². The fourth-order valence-electron chi connectivity index (χ4n) is 1.53. The molecule has 0 bridgehead atoms. The van der Waals surface area contributed by atoms with E-state index in [4.69, 9.17) is 5.73 Å². The Morgan fingerprint density at radius 2 is 2.12 bits per heavy atom. The molecule has 0 aliphatic rings. The summed E-state index contributed by atoms with van der Waals surface area (Å²) in [5.74, 6) is -0.704. The fourth-order valence-corrected chi connectivity index (χ4v) is 1.53. The van der Waals surface area contributed by atoms with Gasteiger partial charge in [0.25, 0.3) is 0 Å². The van der Waals surface area contributed by atoms with Crippen molar-refractivity contribution in [1.29, 1.82) is 0 Å². The molecule has 0 aliphatic heterocycles. The number of nitrogen functional groups attached to an aromatic ring is 1. The topological polar surface area (TPSA) is 56.0 Å². The number of hydrogen-bond acceptors (Lipinski definition) is 3. The van der Waals surface area contributed by atoms with Gasteiger partial charge < -0.3 is 5.73 Å². The van der Waals surface area contributed by atoms with E-state index in [1.165, 1.54) is 12.1 Å². The lowest BCUT2D eigenvalue weighted by Gasteiger charge is -2.04. The molecule has 0 atom stereocenters. The Morgan fingerprint density at radius 3 is 2.82 bits per heavy atom. The summed E-state index contributed by atoms with van der Waals surface area (Å²) >= 11 is 0. The maximum Gasteiger partial charge on any atom is 0.170 e. The molecule has 2 aromatic rings. The van der Waals surface area contributed by atoms with Crippen molar-refractivity contribution in [3.8, 4) is 0 Å². The van der Waals surface area contributed by atoms with Crippen molar-refractivity contribution in [1.82, 2.24) is 4.98 Å². The third-order valence-corrected chi connectivity index (χ3v) is 2.38. The molecule has 2 rings (SSSR count). The van der Waals surface area contributed by atoms with Crippen molar-refractivity contribution in [2.45, 2.75) is 6.42 Å². The number of nitrogens with two attached hydrogens (primary N) is 1. The fraction of sp³-hybridized carbons (Fsp3) is 0.0769. The third-order valence-electron chi connectivity index (χ3n) is 2.38. The van der Waals surface area contributed by atoms with Crippen LogP contribution in [0, 0.1) is 5.82 Å². The summed E-state index contributed by atoms with van der Waals surface area (Å²) in [6.45, 7) is 0. The molecule has 0 aliphatic carbocycles. The van der Waals surface area contributed by atoms with Crippen LogP contribution in [-0.2, 0) is 6.42 Å². The lowest BCUT2D eigenvalue weighted by atomic mass is 10.0. The van der Waals surface area contributed by atoms with Crippen LogP contribution in [0.25, 0.3) is 0 Å². The van der Waals surface area contributed by atoms with Crippen LogP contribution in [-0.4, -0.2) is 10.8 Å². The molecule has 0 amide bonds. The normalized spacial score (nSPS) is 10.2. The highest BCUT2D eigenvalue weighted by Crippen LogP contribution is 2.15. The molecule has 1 aromatic carbocycles. The van der Waals surface area contributed by atoms with Crippen molar-refractivity contribution in [3.05, 3.63) is 59.7 Å². The molecular formula is C13H11FN2O. The first-order valence-electron chi connectivity index (χ1n) is 5.15. The number of nitrogens with zero attached hydrogens (tertiary/aromatic N) is 1. The molecule has 0 spiro atoms. The molecule has 0 radical (unpaired) electrons. The predicted molar refractivity (Wildman–Crippen MR) is 63.1 cm³/mol. The summed E-state index contributed by atoms with van der Waals surface area (Å²) in [6.07, 6.45) is 1.73. The molecule has 4 heteroatoms. The smallest absolute Gasteiger partial charge is 0.170 e. The number of hydrogen-bond donors (Lipinski definition) is 1. The van der Waals surface area contributed by atoms with Crippen LogP contribution in [0.3, 0.4) is 0 Å². The molecule has 1 heterocycles. The van der Waals surface area contributed by atoms with E-state index in [1.807, 2.05) is 0 Å². The lowest BCUT2D eigenvalue weighted by Crippen LogP contribution is -2.08. The molecule has 1 aromatic heterocycles. The van der Waals surface area contributed by atoms with Gasteiger partial charge >= 0.3 is 0 Å². The first-order valence-corrected chi connectivity index (χ1v) is 5.15. The predicted octanol–water partition coefficient (Wildman–Crippen LogP) is 2.23. The number of anilines is 1. The molecule has 0 saturated heterocycles. The first kappa shape index (κ1) is 11.3. The largest absolute Gasteiger partial charge is 0.398 e. The Morgan fingerprint density at radius 1 is 1.29 bits per heavy atom. The van der Waals surface area contributed by atoms with Gasteiger partial charge in [-0.1, -0.05) is 6.07 Å². The Hall–Kier alpha value is -2.23. The monoisotopic (exact) mass is 230 g/mol. The molecule has 17 heavy (non-hydrogen) atoms. The van der Waals surface area contributed by atoms with Crippen molar-refractivity contribution in [2.75, 3.05) is 5.73 Å². The zero-order valence-corrected chi connectivity index (χ0v) is 9.06. The van der Waals surface area contributed by atoms with E-state index in [-0.39, 0.29) is 23.5 Å². The number of Topliss-reactive ketones (excluding diaryl/α,β-unsaturated/α-hetero) is 1. The minimum absolute atomic E-state index is 0.120. The summed E-state index contributed by atoms with van der Waals surface area (Å²) in [4.78, 5) is 15.9. The second-order valence-electron chi connectivity index (χ2n) is 3.65. The second kappa shape index (κ2) is 4.74. The van der Waals surface area contributed by atoms with Crippen LogP contribution in [0.5, 0.6) is 0 Å². The Bertz CT molecular complexity index is 540. The molecule has 86 valence electrons. The van der Waals surface area contributed by atoms with Gasteiger partial charge in [0.2, 0.25) is 0 Å². The van der Waals surface area contributed by atoms with Crippen LogP contribution in [0.1, 0.15) is 16.1 Å². The zero-order valence-electron chi connectivity index (χ0n) is 9.06. The number of rotatable bonds is 3. The van der Waals surface area contributed by atoms with E-state index in [9.17, 15) is 9.18 Å². The van der Waals surface area contributed by atoms with E-state index < -0.39 is 5.82 Å². The number of ketones is 1.